The van der Waals surface area contributed by atoms with Gasteiger partial charge in [-0.15, -0.1) is 0 Å². The van der Waals surface area contributed by atoms with E-state index >= 15 is 0 Å². The first-order valence-electron chi connectivity index (χ1n) is 13.0. The molecule has 1 atom stereocenters. The van der Waals surface area contributed by atoms with Gasteiger partial charge in [0.25, 0.3) is 11.7 Å². The second kappa shape index (κ2) is 12.3. The van der Waals surface area contributed by atoms with Crippen molar-refractivity contribution in [2.45, 2.75) is 33.2 Å². The van der Waals surface area contributed by atoms with Crippen molar-refractivity contribution >= 4 is 17.4 Å². The zero-order valence-electron chi connectivity index (χ0n) is 21.9. The lowest BCUT2D eigenvalue weighted by Crippen LogP contribution is -2.42. The molecule has 2 aromatic carbocycles. The third-order valence-corrected chi connectivity index (χ3v) is 6.73. The maximum atomic E-state index is 13.4. The minimum Gasteiger partial charge on any atom is -0.507 e. The van der Waals surface area contributed by atoms with Crippen LogP contribution in [0, 0.1) is 6.92 Å². The number of ketones is 1. The Morgan fingerprint density at radius 1 is 1.00 bits per heavy atom. The molecule has 0 aromatic heterocycles. The molecule has 2 fully saturated rings. The van der Waals surface area contributed by atoms with E-state index in [4.69, 9.17) is 14.2 Å². The topological polar surface area (TPSA) is 88.5 Å². The summed E-state index contributed by atoms with van der Waals surface area (Å²) in [5, 5.41) is 11.4. The summed E-state index contributed by atoms with van der Waals surface area (Å²) in [7, 11) is 0. The van der Waals surface area contributed by atoms with Crippen molar-refractivity contribution in [1.82, 2.24) is 9.80 Å². The van der Waals surface area contributed by atoms with Crippen LogP contribution in [0.5, 0.6) is 11.5 Å². The molecule has 0 spiro atoms. The number of aryl methyl sites for hydroxylation is 1. The zero-order chi connectivity index (χ0) is 26.4. The first-order valence-corrected chi connectivity index (χ1v) is 13.0. The van der Waals surface area contributed by atoms with E-state index in [1.54, 1.807) is 17.0 Å². The molecule has 198 valence electrons. The van der Waals surface area contributed by atoms with E-state index in [1.165, 1.54) is 0 Å². The lowest BCUT2D eigenvalue weighted by atomic mass is 9.94. The fraction of sp³-hybridized carbons (Fsp3) is 0.448. The van der Waals surface area contributed by atoms with Gasteiger partial charge in [0.2, 0.25) is 0 Å². The van der Waals surface area contributed by atoms with Crippen molar-refractivity contribution in [3.05, 3.63) is 64.7 Å². The van der Waals surface area contributed by atoms with Crippen LogP contribution in [0.3, 0.4) is 0 Å². The van der Waals surface area contributed by atoms with Gasteiger partial charge >= 0.3 is 0 Å². The number of benzene rings is 2. The van der Waals surface area contributed by atoms with Crippen molar-refractivity contribution in [2.75, 3.05) is 52.6 Å². The standard InChI is InChI=1S/C29H36N2O6/c1-4-16-37-22-8-6-21(7-9-22)26-25(27(32)24-11-10-23(36-5-2)19-20(24)3)28(33)29(34)31(26)13-12-30-14-17-35-18-15-30/h6-11,19,26,32H,4-5,12-18H2,1-3H3/b27-25+. The number of hydrogen-bond donors (Lipinski definition) is 1. The molecule has 0 bridgehead atoms. The number of carbonyl (C=O) groups excluding carboxylic acids is 2. The van der Waals surface area contributed by atoms with Gasteiger partial charge < -0.3 is 24.2 Å². The van der Waals surface area contributed by atoms with Gasteiger partial charge in [-0.1, -0.05) is 19.1 Å². The summed E-state index contributed by atoms with van der Waals surface area (Å²) in [6.45, 7) is 10.8. The van der Waals surface area contributed by atoms with E-state index in [9.17, 15) is 14.7 Å². The number of rotatable bonds is 10. The molecular formula is C29H36N2O6. The molecule has 2 heterocycles. The summed E-state index contributed by atoms with van der Waals surface area (Å²) in [5.74, 6) is -0.0529. The number of amides is 1. The van der Waals surface area contributed by atoms with E-state index in [0.717, 1.165) is 36.4 Å². The van der Waals surface area contributed by atoms with Gasteiger partial charge in [-0.25, -0.2) is 0 Å². The van der Waals surface area contributed by atoms with Gasteiger partial charge in [-0.3, -0.25) is 14.5 Å². The van der Waals surface area contributed by atoms with E-state index < -0.39 is 17.7 Å². The van der Waals surface area contributed by atoms with Crippen LogP contribution in [0.2, 0.25) is 0 Å². The highest BCUT2D eigenvalue weighted by Gasteiger charge is 2.46. The van der Waals surface area contributed by atoms with Crippen molar-refractivity contribution in [1.29, 1.82) is 0 Å². The SMILES string of the molecule is CCCOc1ccc(C2/C(=C(\O)c3ccc(OCC)cc3C)C(=O)C(=O)N2CCN2CCOCC2)cc1. The molecule has 37 heavy (non-hydrogen) atoms. The third kappa shape index (κ3) is 5.97. The fourth-order valence-electron chi connectivity index (χ4n) is 4.80. The Bertz CT molecular complexity index is 1140. The number of nitrogens with zero attached hydrogens (tertiary/aromatic N) is 2. The van der Waals surface area contributed by atoms with Gasteiger partial charge in [0, 0.05) is 31.7 Å². The smallest absolute Gasteiger partial charge is 0.295 e. The number of aliphatic hydroxyl groups excluding tert-OH is 1. The minimum absolute atomic E-state index is 0.0986. The van der Waals surface area contributed by atoms with Crippen LogP contribution in [0.1, 0.15) is 43.0 Å². The fourth-order valence-corrected chi connectivity index (χ4v) is 4.80. The van der Waals surface area contributed by atoms with Crippen LogP contribution < -0.4 is 9.47 Å². The van der Waals surface area contributed by atoms with Crippen molar-refractivity contribution in [3.8, 4) is 11.5 Å². The number of likely N-dealkylation sites (tertiary alicyclic amines) is 1. The highest BCUT2D eigenvalue weighted by atomic mass is 16.5. The molecule has 2 aliphatic rings. The van der Waals surface area contributed by atoms with Crippen molar-refractivity contribution in [3.63, 3.8) is 0 Å². The normalized spacial score (nSPS) is 19.9. The Morgan fingerprint density at radius 2 is 1.70 bits per heavy atom. The summed E-state index contributed by atoms with van der Waals surface area (Å²) in [5.41, 5.74) is 2.10. The van der Waals surface area contributed by atoms with Crippen LogP contribution in [-0.2, 0) is 14.3 Å². The Kier molecular flexibility index (Phi) is 8.84. The number of carbonyl (C=O) groups is 2. The van der Waals surface area contributed by atoms with E-state index in [-0.39, 0.29) is 11.3 Å². The molecular weight excluding hydrogens is 472 g/mol. The predicted octanol–water partition coefficient (Wildman–Crippen LogP) is 3.94. The average molecular weight is 509 g/mol. The lowest BCUT2D eigenvalue weighted by molar-refractivity contribution is -0.140. The Labute approximate surface area is 218 Å². The summed E-state index contributed by atoms with van der Waals surface area (Å²) >= 11 is 0. The molecule has 0 aliphatic carbocycles. The maximum Gasteiger partial charge on any atom is 0.295 e. The Hall–Kier alpha value is -3.36. The number of hydrogen-bond acceptors (Lipinski definition) is 7. The van der Waals surface area contributed by atoms with Gasteiger partial charge in [0.1, 0.15) is 17.3 Å². The highest BCUT2D eigenvalue weighted by molar-refractivity contribution is 6.46. The summed E-state index contributed by atoms with van der Waals surface area (Å²) < 4.78 is 16.7. The molecule has 2 aromatic rings. The molecule has 0 saturated carbocycles. The molecule has 8 heteroatoms. The summed E-state index contributed by atoms with van der Waals surface area (Å²) in [6.07, 6.45) is 0.894. The van der Waals surface area contributed by atoms with Crippen molar-refractivity contribution < 1.29 is 28.9 Å². The Morgan fingerprint density at radius 3 is 2.35 bits per heavy atom. The van der Waals surface area contributed by atoms with Crippen LogP contribution in [0.4, 0.5) is 0 Å². The van der Waals surface area contributed by atoms with Gasteiger partial charge in [0.05, 0.1) is 38.0 Å². The van der Waals surface area contributed by atoms with Gasteiger partial charge in [-0.05, 0) is 61.7 Å². The molecule has 1 unspecified atom stereocenters. The number of morpholine rings is 1. The van der Waals surface area contributed by atoms with Crippen LogP contribution >= 0.6 is 0 Å². The molecule has 2 saturated heterocycles. The van der Waals surface area contributed by atoms with Gasteiger partial charge in [-0.2, -0.15) is 0 Å². The van der Waals surface area contributed by atoms with E-state index in [0.29, 0.717) is 50.8 Å². The number of aliphatic hydroxyl groups is 1. The summed E-state index contributed by atoms with van der Waals surface area (Å²) in [4.78, 5) is 30.4. The number of Topliss-reactive ketones (excluding diaryl/α,β-unsaturated/α-hetero) is 1. The zero-order valence-corrected chi connectivity index (χ0v) is 21.9. The van der Waals surface area contributed by atoms with Gasteiger partial charge in [0.15, 0.2) is 0 Å². The highest BCUT2D eigenvalue weighted by Crippen LogP contribution is 2.40. The monoisotopic (exact) mass is 508 g/mol. The first kappa shape index (κ1) is 26.7. The number of ether oxygens (including phenoxy) is 3. The van der Waals surface area contributed by atoms with E-state index in [2.05, 4.69) is 4.90 Å². The maximum absolute atomic E-state index is 13.4. The third-order valence-electron chi connectivity index (χ3n) is 6.73. The minimum atomic E-state index is -0.702. The predicted molar refractivity (Wildman–Crippen MR) is 141 cm³/mol. The summed E-state index contributed by atoms with van der Waals surface area (Å²) in [6, 6.07) is 12.0. The van der Waals surface area contributed by atoms with Crippen LogP contribution in [-0.4, -0.2) is 79.2 Å². The molecule has 4 rings (SSSR count). The quantitative estimate of drug-likeness (QED) is 0.295. The second-order valence-corrected chi connectivity index (χ2v) is 9.27. The lowest BCUT2D eigenvalue weighted by Gasteiger charge is -2.31. The molecule has 2 aliphatic heterocycles. The molecule has 1 N–H and O–H groups in total. The van der Waals surface area contributed by atoms with Crippen LogP contribution in [0.15, 0.2) is 48.0 Å². The Balaban J connectivity index is 1.72. The van der Waals surface area contributed by atoms with Crippen molar-refractivity contribution in [2.24, 2.45) is 0 Å². The molecule has 8 nitrogen and oxygen atoms in total. The van der Waals surface area contributed by atoms with Crippen LogP contribution in [0.25, 0.3) is 5.76 Å². The molecule has 1 amide bonds. The molecule has 0 radical (unpaired) electrons. The second-order valence-electron chi connectivity index (χ2n) is 9.27. The largest absolute Gasteiger partial charge is 0.507 e. The van der Waals surface area contributed by atoms with E-state index in [1.807, 2.05) is 51.1 Å². The average Bonchev–Trinajstić information content (AvgIpc) is 3.16. The first-order chi connectivity index (χ1) is 17.9.